The highest BCUT2D eigenvalue weighted by Gasteiger charge is 2.22. The van der Waals surface area contributed by atoms with E-state index in [9.17, 15) is 5.26 Å². The molecule has 3 rings (SSSR count). The molecule has 0 spiro atoms. The summed E-state index contributed by atoms with van der Waals surface area (Å²) in [4.78, 5) is 0. The average Bonchev–Trinajstić information content (AvgIpc) is 3.14. The maximum atomic E-state index is 9.71. The lowest BCUT2D eigenvalue weighted by Crippen LogP contribution is -2.00. The van der Waals surface area contributed by atoms with Crippen LogP contribution >= 0.6 is 23.5 Å². The molecule has 1 nitrogen and oxygen atoms in total. The zero-order valence-corrected chi connectivity index (χ0v) is 14.2. The Kier molecular flexibility index (Phi) is 5.48. The van der Waals surface area contributed by atoms with E-state index < -0.39 is 0 Å². The van der Waals surface area contributed by atoms with Crippen LogP contribution in [0.15, 0.2) is 70.5 Å². The molecule has 0 radical (unpaired) electrons. The van der Waals surface area contributed by atoms with Crippen molar-refractivity contribution in [1.82, 2.24) is 0 Å². The summed E-state index contributed by atoms with van der Waals surface area (Å²) < 4.78 is 1.13. The van der Waals surface area contributed by atoms with Crippen LogP contribution in [0.3, 0.4) is 0 Å². The second kappa shape index (κ2) is 7.97. The van der Waals surface area contributed by atoms with Crippen molar-refractivity contribution in [2.75, 3.05) is 11.5 Å². The minimum atomic E-state index is -0.172. The molecule has 1 unspecified atom stereocenters. The predicted molar refractivity (Wildman–Crippen MR) is 100 cm³/mol. The summed E-state index contributed by atoms with van der Waals surface area (Å²) >= 11 is 3.54. The van der Waals surface area contributed by atoms with E-state index in [-0.39, 0.29) is 5.92 Å². The molecule has 0 bridgehead atoms. The Morgan fingerprint density at radius 2 is 1.52 bits per heavy atom. The molecule has 1 heterocycles. The Labute approximate surface area is 145 Å². The molecule has 0 saturated carbocycles. The van der Waals surface area contributed by atoms with E-state index in [2.05, 4.69) is 17.9 Å². The van der Waals surface area contributed by atoms with Crippen molar-refractivity contribution in [2.45, 2.75) is 5.92 Å². The first-order chi connectivity index (χ1) is 11.4. The van der Waals surface area contributed by atoms with Crippen LogP contribution in [0.5, 0.6) is 0 Å². The number of hydrogen-bond donors (Lipinski definition) is 0. The third kappa shape index (κ3) is 4.02. The van der Waals surface area contributed by atoms with Gasteiger partial charge in [-0.3, -0.25) is 0 Å². The average molecular weight is 333 g/mol. The molecule has 1 atom stereocenters. The lowest BCUT2D eigenvalue weighted by atomic mass is 9.93. The quantitative estimate of drug-likeness (QED) is 0.568. The van der Waals surface area contributed by atoms with Gasteiger partial charge in [0.15, 0.2) is 0 Å². The highest BCUT2D eigenvalue weighted by molar-refractivity contribution is 8.25. The number of nitriles is 1. The van der Waals surface area contributed by atoms with Crippen LogP contribution in [0, 0.1) is 23.2 Å². The molecule has 23 heavy (non-hydrogen) atoms. The Morgan fingerprint density at radius 1 is 0.913 bits per heavy atom. The number of hydrogen-bond acceptors (Lipinski definition) is 3. The first-order valence-electron chi connectivity index (χ1n) is 7.40. The molecule has 2 aromatic carbocycles. The molecule has 2 aromatic rings. The first-order valence-corrected chi connectivity index (χ1v) is 9.37. The largest absolute Gasteiger partial charge is 0.193 e. The molecule has 0 amide bonds. The normalized spacial score (nSPS) is 14.5. The van der Waals surface area contributed by atoms with Gasteiger partial charge in [0.1, 0.15) is 0 Å². The van der Waals surface area contributed by atoms with Gasteiger partial charge >= 0.3 is 0 Å². The summed E-state index contributed by atoms with van der Waals surface area (Å²) in [5.41, 5.74) is 2.84. The lowest BCUT2D eigenvalue weighted by Gasteiger charge is -2.12. The second-order valence-corrected chi connectivity index (χ2v) is 7.46. The van der Waals surface area contributed by atoms with Crippen molar-refractivity contribution in [2.24, 2.45) is 0 Å². The third-order valence-electron chi connectivity index (χ3n) is 3.45. The van der Waals surface area contributed by atoms with Gasteiger partial charge in [-0.05, 0) is 17.7 Å². The molecule has 3 heteroatoms. The van der Waals surface area contributed by atoms with E-state index >= 15 is 0 Å². The Bertz CT molecular complexity index is 784. The fraction of sp³-hybridized carbons (Fsp3) is 0.150. The fourth-order valence-electron chi connectivity index (χ4n) is 2.34. The second-order valence-electron chi connectivity index (χ2n) is 4.99. The highest BCUT2D eigenvalue weighted by atomic mass is 32.2. The van der Waals surface area contributed by atoms with Crippen LogP contribution in [0.25, 0.3) is 0 Å². The van der Waals surface area contributed by atoms with Gasteiger partial charge in [0, 0.05) is 17.1 Å². The number of benzene rings is 2. The molecular formula is C20H15NS2. The topological polar surface area (TPSA) is 23.8 Å². The van der Waals surface area contributed by atoms with E-state index in [1.807, 2.05) is 60.7 Å². The first kappa shape index (κ1) is 15.8. The minimum Gasteiger partial charge on any atom is -0.193 e. The van der Waals surface area contributed by atoms with Crippen molar-refractivity contribution in [3.8, 4) is 17.9 Å². The van der Waals surface area contributed by atoms with Gasteiger partial charge in [-0.2, -0.15) is 5.26 Å². The van der Waals surface area contributed by atoms with E-state index in [1.165, 1.54) is 0 Å². The van der Waals surface area contributed by atoms with E-state index in [0.29, 0.717) is 0 Å². The number of nitrogens with zero attached hydrogens (tertiary/aromatic N) is 1. The monoisotopic (exact) mass is 333 g/mol. The predicted octanol–water partition coefficient (Wildman–Crippen LogP) is 5.04. The zero-order chi connectivity index (χ0) is 15.9. The number of rotatable bonds is 2. The zero-order valence-electron chi connectivity index (χ0n) is 12.5. The van der Waals surface area contributed by atoms with Crippen molar-refractivity contribution < 1.29 is 0 Å². The van der Waals surface area contributed by atoms with Crippen molar-refractivity contribution in [1.29, 1.82) is 5.26 Å². The molecule has 0 aliphatic carbocycles. The summed E-state index contributed by atoms with van der Waals surface area (Å²) in [7, 11) is 0. The molecule has 0 aromatic heterocycles. The Hall–Kier alpha value is -2.07. The van der Waals surface area contributed by atoms with E-state index in [0.717, 1.165) is 32.4 Å². The molecule has 1 aliphatic heterocycles. The number of thioether (sulfide) groups is 2. The SMILES string of the molecule is N#CC(=C1SCCS1)C(C#Cc1ccccc1)c1ccccc1. The van der Waals surface area contributed by atoms with Gasteiger partial charge in [-0.25, -0.2) is 0 Å². The minimum absolute atomic E-state index is 0.172. The smallest absolute Gasteiger partial charge is 0.0981 e. The van der Waals surface area contributed by atoms with Crippen LogP contribution < -0.4 is 0 Å². The van der Waals surface area contributed by atoms with Gasteiger partial charge < -0.3 is 0 Å². The Balaban J connectivity index is 2.03. The van der Waals surface area contributed by atoms with Gasteiger partial charge in [-0.1, -0.05) is 60.4 Å². The fourth-order valence-corrected chi connectivity index (χ4v) is 4.85. The summed E-state index contributed by atoms with van der Waals surface area (Å²) in [5.74, 6) is 8.52. The van der Waals surface area contributed by atoms with E-state index in [1.54, 1.807) is 23.5 Å². The summed E-state index contributed by atoms with van der Waals surface area (Å²) in [6.45, 7) is 0. The molecule has 1 saturated heterocycles. The van der Waals surface area contributed by atoms with E-state index in [4.69, 9.17) is 0 Å². The maximum absolute atomic E-state index is 9.71. The van der Waals surface area contributed by atoms with Gasteiger partial charge in [-0.15, -0.1) is 23.5 Å². The van der Waals surface area contributed by atoms with Crippen LogP contribution in [-0.4, -0.2) is 11.5 Å². The third-order valence-corrected chi connectivity index (χ3v) is 6.19. The maximum Gasteiger partial charge on any atom is 0.0981 e. The van der Waals surface area contributed by atoms with Crippen molar-refractivity contribution in [3.63, 3.8) is 0 Å². The van der Waals surface area contributed by atoms with Crippen LogP contribution in [0.2, 0.25) is 0 Å². The van der Waals surface area contributed by atoms with Crippen LogP contribution in [-0.2, 0) is 0 Å². The van der Waals surface area contributed by atoms with Crippen molar-refractivity contribution >= 4 is 23.5 Å². The van der Waals surface area contributed by atoms with Gasteiger partial charge in [0.25, 0.3) is 0 Å². The summed E-state index contributed by atoms with van der Waals surface area (Å²) in [6, 6.07) is 22.4. The summed E-state index contributed by atoms with van der Waals surface area (Å²) in [5, 5.41) is 9.71. The van der Waals surface area contributed by atoms with Gasteiger partial charge in [0.05, 0.1) is 21.8 Å². The summed E-state index contributed by atoms with van der Waals surface area (Å²) in [6.07, 6.45) is 0. The lowest BCUT2D eigenvalue weighted by molar-refractivity contribution is 1.07. The molecule has 1 aliphatic rings. The van der Waals surface area contributed by atoms with Gasteiger partial charge in [0.2, 0.25) is 0 Å². The van der Waals surface area contributed by atoms with Crippen LogP contribution in [0.1, 0.15) is 17.0 Å². The standard InChI is InChI=1S/C20H15NS2/c21-15-19(20-22-13-14-23-20)18(17-9-5-2-6-10-17)12-11-16-7-3-1-4-8-16/h1-10,18H,13-14H2. The highest BCUT2D eigenvalue weighted by Crippen LogP contribution is 2.42. The van der Waals surface area contributed by atoms with Crippen molar-refractivity contribution in [3.05, 3.63) is 81.6 Å². The molecule has 112 valence electrons. The van der Waals surface area contributed by atoms with Crippen LogP contribution in [0.4, 0.5) is 0 Å². The molecule has 0 N–H and O–H groups in total. The molecule has 1 fully saturated rings. The Morgan fingerprint density at radius 3 is 2.13 bits per heavy atom. The molecular weight excluding hydrogens is 318 g/mol. The number of allylic oxidation sites excluding steroid dienone is 1.